The predicted octanol–water partition coefficient (Wildman–Crippen LogP) is 2.23. The lowest BCUT2D eigenvalue weighted by atomic mass is 10.0. The van der Waals surface area contributed by atoms with Crippen molar-refractivity contribution in [3.05, 3.63) is 22.4 Å². The molecule has 1 aliphatic rings. The molecule has 1 amide bonds. The minimum absolute atomic E-state index is 0.0388. The number of hydrogen-bond donors (Lipinski definition) is 2. The normalized spacial score (nSPS) is 20.0. The first kappa shape index (κ1) is 12.5. The molecule has 0 spiro atoms. The number of pyridine rings is 1. The molecule has 0 saturated carbocycles. The molecule has 1 fully saturated rings. The van der Waals surface area contributed by atoms with Gasteiger partial charge < -0.3 is 10.6 Å². The van der Waals surface area contributed by atoms with E-state index in [9.17, 15) is 4.79 Å². The molecule has 92 valence electrons. The van der Waals surface area contributed by atoms with Crippen LogP contribution in [0.4, 0.5) is 5.69 Å². The van der Waals surface area contributed by atoms with Crippen molar-refractivity contribution in [2.24, 2.45) is 0 Å². The van der Waals surface area contributed by atoms with Crippen LogP contribution in [0.1, 0.15) is 25.0 Å². The first-order valence-electron chi connectivity index (χ1n) is 5.84. The van der Waals surface area contributed by atoms with Gasteiger partial charge in [0.05, 0.1) is 17.4 Å². The van der Waals surface area contributed by atoms with Crippen LogP contribution in [-0.2, 0) is 4.79 Å². The minimum atomic E-state index is -0.0632. The maximum absolute atomic E-state index is 12.0. The monoisotopic (exact) mass is 297 g/mol. The van der Waals surface area contributed by atoms with E-state index in [0.29, 0.717) is 0 Å². The van der Waals surface area contributed by atoms with E-state index in [1.54, 1.807) is 0 Å². The van der Waals surface area contributed by atoms with Crippen molar-refractivity contribution in [1.82, 2.24) is 10.3 Å². The van der Waals surface area contributed by atoms with Gasteiger partial charge in [-0.2, -0.15) is 0 Å². The molecule has 1 atom stereocenters. The van der Waals surface area contributed by atoms with Gasteiger partial charge in [-0.05, 0) is 54.4 Å². The topological polar surface area (TPSA) is 54.0 Å². The highest BCUT2D eigenvalue weighted by molar-refractivity contribution is 9.10. The van der Waals surface area contributed by atoms with E-state index in [0.717, 1.165) is 41.8 Å². The number of rotatable bonds is 2. The Kier molecular flexibility index (Phi) is 4.12. The second-order valence-electron chi connectivity index (χ2n) is 4.26. The molecule has 1 aliphatic heterocycles. The smallest absolute Gasteiger partial charge is 0.241 e. The first-order chi connectivity index (χ1) is 8.16. The Balaban J connectivity index is 2.02. The molecule has 0 radical (unpaired) electrons. The van der Waals surface area contributed by atoms with E-state index < -0.39 is 0 Å². The molecular weight excluding hydrogens is 282 g/mol. The number of nitrogens with zero attached hydrogens (tertiary/aromatic N) is 1. The Morgan fingerprint density at radius 3 is 3.00 bits per heavy atom. The second-order valence-corrected chi connectivity index (χ2v) is 5.07. The summed E-state index contributed by atoms with van der Waals surface area (Å²) in [5.41, 5.74) is 1.61. The van der Waals surface area contributed by atoms with E-state index in [1.807, 2.05) is 19.1 Å². The molecule has 2 heterocycles. The van der Waals surface area contributed by atoms with E-state index in [4.69, 9.17) is 0 Å². The van der Waals surface area contributed by atoms with Crippen LogP contribution in [-0.4, -0.2) is 23.5 Å². The highest BCUT2D eigenvalue weighted by Gasteiger charge is 2.20. The van der Waals surface area contributed by atoms with Gasteiger partial charge in [0, 0.05) is 0 Å². The van der Waals surface area contributed by atoms with E-state index in [1.165, 1.54) is 0 Å². The minimum Gasteiger partial charge on any atom is -0.323 e. The summed E-state index contributed by atoms with van der Waals surface area (Å²) in [7, 11) is 0. The number of piperidine rings is 1. The van der Waals surface area contributed by atoms with Crippen LogP contribution in [0.2, 0.25) is 0 Å². The summed E-state index contributed by atoms with van der Waals surface area (Å²) in [4.78, 5) is 16.2. The molecule has 1 saturated heterocycles. The van der Waals surface area contributed by atoms with E-state index >= 15 is 0 Å². The van der Waals surface area contributed by atoms with Crippen LogP contribution in [0.3, 0.4) is 0 Å². The Labute approximate surface area is 109 Å². The van der Waals surface area contributed by atoms with Crippen molar-refractivity contribution < 1.29 is 4.79 Å². The van der Waals surface area contributed by atoms with E-state index in [2.05, 4.69) is 31.5 Å². The summed E-state index contributed by atoms with van der Waals surface area (Å²) >= 11 is 3.30. The maximum Gasteiger partial charge on any atom is 0.241 e. The molecule has 0 aliphatic carbocycles. The van der Waals surface area contributed by atoms with Gasteiger partial charge in [-0.3, -0.25) is 4.79 Å². The van der Waals surface area contributed by atoms with Crippen LogP contribution in [0.15, 0.2) is 16.7 Å². The molecular formula is C12H16BrN3O. The first-order valence-corrected chi connectivity index (χ1v) is 6.63. The summed E-state index contributed by atoms with van der Waals surface area (Å²) in [5, 5.41) is 6.15. The number of carbonyl (C=O) groups excluding carboxylic acids is 1. The van der Waals surface area contributed by atoms with Crippen LogP contribution in [0.25, 0.3) is 0 Å². The number of carbonyl (C=O) groups is 1. The fourth-order valence-electron chi connectivity index (χ4n) is 1.96. The summed E-state index contributed by atoms with van der Waals surface area (Å²) in [6.45, 7) is 2.81. The third-order valence-electron chi connectivity index (χ3n) is 2.94. The molecule has 2 N–H and O–H groups in total. The molecule has 17 heavy (non-hydrogen) atoms. The third kappa shape index (κ3) is 3.26. The zero-order valence-electron chi connectivity index (χ0n) is 9.79. The van der Waals surface area contributed by atoms with Crippen molar-refractivity contribution in [3.8, 4) is 0 Å². The molecule has 1 aromatic rings. The Morgan fingerprint density at radius 2 is 2.35 bits per heavy atom. The van der Waals surface area contributed by atoms with Crippen LogP contribution < -0.4 is 10.6 Å². The largest absolute Gasteiger partial charge is 0.323 e. The summed E-state index contributed by atoms with van der Waals surface area (Å²) in [6, 6.07) is 3.64. The number of anilines is 1. The van der Waals surface area contributed by atoms with Gasteiger partial charge in [0.1, 0.15) is 4.60 Å². The van der Waals surface area contributed by atoms with Crippen molar-refractivity contribution in [2.75, 3.05) is 11.9 Å². The van der Waals surface area contributed by atoms with Gasteiger partial charge in [-0.15, -0.1) is 0 Å². The Hall–Kier alpha value is -0.940. The number of nitrogens with one attached hydrogen (secondary N) is 2. The van der Waals surface area contributed by atoms with Gasteiger partial charge in [0.2, 0.25) is 5.91 Å². The van der Waals surface area contributed by atoms with Crippen molar-refractivity contribution in [1.29, 1.82) is 0 Å². The van der Waals surface area contributed by atoms with Gasteiger partial charge in [0.15, 0.2) is 0 Å². The molecule has 5 heteroatoms. The highest BCUT2D eigenvalue weighted by Crippen LogP contribution is 2.17. The molecule has 2 rings (SSSR count). The number of aromatic nitrogens is 1. The zero-order valence-corrected chi connectivity index (χ0v) is 11.4. The lowest BCUT2D eigenvalue weighted by Gasteiger charge is -2.22. The van der Waals surface area contributed by atoms with Gasteiger partial charge in [-0.1, -0.05) is 6.42 Å². The number of amides is 1. The number of aryl methyl sites for hydroxylation is 1. The molecule has 0 bridgehead atoms. The molecule has 4 nitrogen and oxygen atoms in total. The maximum atomic E-state index is 12.0. The van der Waals surface area contributed by atoms with Crippen molar-refractivity contribution in [3.63, 3.8) is 0 Å². The number of halogens is 1. The average molecular weight is 298 g/mol. The fraction of sp³-hybridized carbons (Fsp3) is 0.500. The predicted molar refractivity (Wildman–Crippen MR) is 70.9 cm³/mol. The average Bonchev–Trinajstić information content (AvgIpc) is 2.34. The zero-order chi connectivity index (χ0) is 12.3. The summed E-state index contributed by atoms with van der Waals surface area (Å²) in [6.07, 6.45) is 3.18. The molecule has 0 aromatic carbocycles. The second kappa shape index (κ2) is 5.60. The fourth-order valence-corrected chi connectivity index (χ4v) is 2.36. The number of hydrogen-bond acceptors (Lipinski definition) is 3. The quantitative estimate of drug-likeness (QED) is 0.823. The van der Waals surface area contributed by atoms with Crippen molar-refractivity contribution in [2.45, 2.75) is 32.2 Å². The van der Waals surface area contributed by atoms with Crippen molar-refractivity contribution >= 4 is 27.5 Å². The summed E-state index contributed by atoms with van der Waals surface area (Å²) < 4.78 is 0.781. The Morgan fingerprint density at radius 1 is 1.53 bits per heavy atom. The molecule has 0 unspecified atom stereocenters. The highest BCUT2D eigenvalue weighted by atomic mass is 79.9. The van der Waals surface area contributed by atoms with Crippen LogP contribution in [0, 0.1) is 6.92 Å². The van der Waals surface area contributed by atoms with Crippen LogP contribution >= 0.6 is 15.9 Å². The standard InChI is InChI=1S/C12H16BrN3O/c1-8-9(5-6-11(13)15-8)16-12(17)10-4-2-3-7-14-10/h5-6,10,14H,2-4,7H2,1H3,(H,16,17)/t10-/m0/s1. The van der Waals surface area contributed by atoms with Gasteiger partial charge in [-0.25, -0.2) is 4.98 Å². The lowest BCUT2D eigenvalue weighted by molar-refractivity contribution is -0.118. The van der Waals surface area contributed by atoms with E-state index in [-0.39, 0.29) is 11.9 Å². The molecule has 1 aromatic heterocycles. The van der Waals surface area contributed by atoms with Gasteiger partial charge in [0.25, 0.3) is 0 Å². The van der Waals surface area contributed by atoms with Crippen LogP contribution in [0.5, 0.6) is 0 Å². The van der Waals surface area contributed by atoms with Gasteiger partial charge >= 0.3 is 0 Å². The summed E-state index contributed by atoms with van der Waals surface area (Å²) in [5.74, 6) is 0.0388. The lowest BCUT2D eigenvalue weighted by Crippen LogP contribution is -2.43. The third-order valence-corrected chi connectivity index (χ3v) is 3.38. The Bertz CT molecular complexity index is 416. The SMILES string of the molecule is Cc1nc(Br)ccc1NC(=O)[C@@H]1CCCCN1.